The second kappa shape index (κ2) is 3.99. The van der Waals surface area contributed by atoms with Crippen molar-refractivity contribution >= 4 is 21.8 Å². The molecule has 0 heterocycles. The fourth-order valence-electron chi connectivity index (χ4n) is 0.701. The van der Waals surface area contributed by atoms with Crippen molar-refractivity contribution in [3.05, 3.63) is 30.3 Å². The highest BCUT2D eigenvalue weighted by Crippen LogP contribution is 2.31. The van der Waals surface area contributed by atoms with Crippen molar-refractivity contribution in [2.24, 2.45) is 0 Å². The van der Waals surface area contributed by atoms with Crippen LogP contribution in [0.5, 0.6) is 0 Å². The lowest BCUT2D eigenvalue weighted by Gasteiger charge is -1.89. The topological polar surface area (TPSA) is 0 Å². The third-order valence-corrected chi connectivity index (χ3v) is 3.91. The zero-order chi connectivity index (χ0) is 6.53. The minimum atomic E-state index is 0.653. The van der Waals surface area contributed by atoms with Gasteiger partial charge in [0.15, 0.2) is 0 Å². The predicted molar refractivity (Wildman–Crippen MR) is 50.0 cm³/mol. The molecule has 0 fully saturated rings. The summed E-state index contributed by atoms with van der Waals surface area (Å²) in [6.45, 7) is 2.30. The van der Waals surface area contributed by atoms with Crippen LogP contribution in [0.3, 0.4) is 0 Å². The van der Waals surface area contributed by atoms with Crippen molar-refractivity contribution in [1.29, 1.82) is 0 Å². The Labute approximate surface area is 59.5 Å². The van der Waals surface area contributed by atoms with Gasteiger partial charge in [-0.25, -0.2) is 0 Å². The normalized spacial score (nSPS) is 12.1. The van der Waals surface area contributed by atoms with E-state index in [1.54, 1.807) is 0 Å². The van der Waals surface area contributed by atoms with Crippen LogP contribution in [0.25, 0.3) is 0 Å². The average Bonchev–Trinajstić information content (AvgIpc) is 1.91. The summed E-state index contributed by atoms with van der Waals surface area (Å²) in [5, 5.41) is 1.51. The fourth-order valence-corrected chi connectivity index (χ4v) is 3.00. The molecule has 0 N–H and O–H groups in total. The van der Waals surface area contributed by atoms with E-state index in [-0.39, 0.29) is 0 Å². The molecule has 0 saturated carbocycles. The Morgan fingerprint density at radius 2 is 1.89 bits per heavy atom. The van der Waals surface area contributed by atoms with Gasteiger partial charge in [0.05, 0.1) is 8.27 Å². The fraction of sp³-hybridized carbons (Fsp3) is 0.143. The quantitative estimate of drug-likeness (QED) is 0.575. The van der Waals surface area contributed by atoms with Crippen LogP contribution in [0.4, 0.5) is 0 Å². The Kier molecular flexibility index (Phi) is 3.18. The van der Waals surface area contributed by atoms with Crippen molar-refractivity contribution in [2.75, 3.05) is 6.66 Å². The molecule has 2 unspecified atom stereocenters. The molecular weight excluding hydrogens is 146 g/mol. The predicted octanol–water partition coefficient (Wildman–Crippen LogP) is 1.95. The number of hydrogen-bond acceptors (Lipinski definition) is 0. The lowest BCUT2D eigenvalue weighted by molar-refractivity contribution is 1.78. The van der Waals surface area contributed by atoms with E-state index in [4.69, 9.17) is 0 Å². The van der Waals surface area contributed by atoms with Crippen LogP contribution < -0.4 is 5.30 Å². The summed E-state index contributed by atoms with van der Waals surface area (Å²) in [4.78, 5) is 0. The zero-order valence-electron chi connectivity index (χ0n) is 5.46. The van der Waals surface area contributed by atoms with Crippen molar-refractivity contribution in [2.45, 2.75) is 0 Å². The maximum absolute atomic E-state index is 2.30. The minimum Gasteiger partial charge on any atom is -0.0622 e. The molecule has 0 aliphatic heterocycles. The number of rotatable bonds is 2. The van der Waals surface area contributed by atoms with Crippen LogP contribution in [0, 0.1) is 0 Å². The Hall–Kier alpha value is 0.0800. The Bertz CT molecular complexity index is 160. The molecule has 1 rings (SSSR count). The molecule has 0 radical (unpaired) electrons. The SMILES string of the molecule is C[PH2+]Pc1ccccc1. The van der Waals surface area contributed by atoms with Crippen molar-refractivity contribution in [1.82, 2.24) is 0 Å². The summed E-state index contributed by atoms with van der Waals surface area (Å²) in [5.74, 6) is 0. The summed E-state index contributed by atoms with van der Waals surface area (Å²) in [6.07, 6.45) is 0. The zero-order valence-corrected chi connectivity index (χ0v) is 7.62. The van der Waals surface area contributed by atoms with Gasteiger partial charge < -0.3 is 0 Å². The molecule has 0 spiro atoms. The molecule has 0 bridgehead atoms. The Balaban J connectivity index is 2.61. The molecule has 48 valence electrons. The first-order valence-corrected chi connectivity index (χ1v) is 6.99. The van der Waals surface area contributed by atoms with Gasteiger partial charge in [0, 0.05) is 20.2 Å². The third-order valence-electron chi connectivity index (χ3n) is 1.08. The molecule has 0 aromatic heterocycles. The maximum atomic E-state index is 2.30. The first-order valence-electron chi connectivity index (χ1n) is 3.03. The van der Waals surface area contributed by atoms with E-state index in [0.717, 1.165) is 8.27 Å². The van der Waals surface area contributed by atoms with E-state index in [0.29, 0.717) is 8.27 Å². The lowest BCUT2D eigenvalue weighted by atomic mass is 10.4. The monoisotopic (exact) mass is 157 g/mol. The van der Waals surface area contributed by atoms with Gasteiger partial charge in [0.2, 0.25) is 0 Å². The van der Waals surface area contributed by atoms with Gasteiger partial charge in [-0.15, -0.1) is 0 Å². The summed E-state index contributed by atoms with van der Waals surface area (Å²) < 4.78 is 0. The standard InChI is InChI=1S/C7H10P2/c1-8-9-7-5-3-2-4-6-7/h2-6,8-9H,1H3/p+1. The molecule has 0 aliphatic carbocycles. The van der Waals surface area contributed by atoms with Gasteiger partial charge in [0.25, 0.3) is 0 Å². The molecule has 2 atom stereocenters. The molecule has 1 aromatic carbocycles. The van der Waals surface area contributed by atoms with Gasteiger partial charge in [-0.05, 0) is 0 Å². The highest BCUT2D eigenvalue weighted by molar-refractivity contribution is 8.15. The first kappa shape index (κ1) is 7.19. The van der Waals surface area contributed by atoms with Gasteiger partial charge in [-0.3, -0.25) is 0 Å². The molecule has 2 heteroatoms. The van der Waals surface area contributed by atoms with E-state index >= 15 is 0 Å². The molecular formula is C7H11P2+. The van der Waals surface area contributed by atoms with E-state index in [9.17, 15) is 0 Å². The van der Waals surface area contributed by atoms with Crippen LogP contribution in [-0.2, 0) is 0 Å². The van der Waals surface area contributed by atoms with E-state index in [1.165, 1.54) is 5.30 Å². The van der Waals surface area contributed by atoms with E-state index in [1.807, 2.05) is 0 Å². The van der Waals surface area contributed by atoms with Crippen LogP contribution in [0.1, 0.15) is 0 Å². The molecule has 9 heavy (non-hydrogen) atoms. The van der Waals surface area contributed by atoms with E-state index < -0.39 is 0 Å². The highest BCUT2D eigenvalue weighted by atomic mass is 32.0. The second-order valence-corrected chi connectivity index (χ2v) is 5.84. The average molecular weight is 157 g/mol. The van der Waals surface area contributed by atoms with Crippen LogP contribution >= 0.6 is 16.5 Å². The van der Waals surface area contributed by atoms with Gasteiger partial charge in [-0.2, -0.15) is 0 Å². The second-order valence-electron chi connectivity index (χ2n) is 1.80. The third kappa shape index (κ3) is 2.43. The van der Waals surface area contributed by atoms with Gasteiger partial charge in [0.1, 0.15) is 0 Å². The van der Waals surface area contributed by atoms with Crippen molar-refractivity contribution in [3.63, 3.8) is 0 Å². The molecule has 0 saturated heterocycles. The summed E-state index contributed by atoms with van der Waals surface area (Å²) >= 11 is 0. The molecule has 0 aliphatic rings. The molecule has 0 amide bonds. The minimum absolute atomic E-state index is 0.653. The Morgan fingerprint density at radius 1 is 1.22 bits per heavy atom. The summed E-state index contributed by atoms with van der Waals surface area (Å²) in [6, 6.07) is 10.7. The smallest absolute Gasteiger partial charge is 0.0622 e. The van der Waals surface area contributed by atoms with Crippen molar-refractivity contribution in [3.8, 4) is 0 Å². The number of hydrogen-bond donors (Lipinski definition) is 0. The molecule has 1 aromatic rings. The van der Waals surface area contributed by atoms with Gasteiger partial charge in [-0.1, -0.05) is 30.3 Å². The van der Waals surface area contributed by atoms with Crippen LogP contribution in [-0.4, -0.2) is 6.66 Å². The summed E-state index contributed by atoms with van der Waals surface area (Å²) in [5.41, 5.74) is 0. The van der Waals surface area contributed by atoms with Crippen LogP contribution in [0.15, 0.2) is 30.3 Å². The van der Waals surface area contributed by atoms with Crippen LogP contribution in [0.2, 0.25) is 0 Å². The Morgan fingerprint density at radius 3 is 2.44 bits per heavy atom. The van der Waals surface area contributed by atoms with E-state index in [2.05, 4.69) is 37.0 Å². The maximum Gasteiger partial charge on any atom is 0.0676 e. The van der Waals surface area contributed by atoms with Crippen molar-refractivity contribution < 1.29 is 0 Å². The molecule has 0 nitrogen and oxygen atoms in total. The first-order chi connectivity index (χ1) is 4.43. The highest BCUT2D eigenvalue weighted by Gasteiger charge is 1.89. The largest absolute Gasteiger partial charge is 0.0676 e. The van der Waals surface area contributed by atoms with Gasteiger partial charge >= 0.3 is 0 Å². The number of benzene rings is 1. The lowest BCUT2D eigenvalue weighted by Crippen LogP contribution is -1.86. The summed E-state index contributed by atoms with van der Waals surface area (Å²) in [7, 11) is 1.72.